The van der Waals surface area contributed by atoms with Gasteiger partial charge in [0, 0.05) is 18.7 Å². The van der Waals surface area contributed by atoms with Crippen molar-refractivity contribution >= 4 is 12.0 Å². The van der Waals surface area contributed by atoms with E-state index >= 15 is 0 Å². The number of rotatable bonds is 7. The Kier molecular flexibility index (Phi) is 7.12. The zero-order chi connectivity index (χ0) is 16.6. The Hall–Kier alpha value is -1.81. The lowest BCUT2D eigenvalue weighted by molar-refractivity contribution is -0.137. The summed E-state index contributed by atoms with van der Waals surface area (Å²) in [6, 6.07) is 6.02. The van der Waals surface area contributed by atoms with Crippen molar-refractivity contribution in [2.24, 2.45) is 0 Å². The van der Waals surface area contributed by atoms with Gasteiger partial charge in [-0.2, -0.15) is 0 Å². The van der Waals surface area contributed by atoms with Crippen LogP contribution in [0.25, 0.3) is 6.08 Å². The van der Waals surface area contributed by atoms with Gasteiger partial charge in [0.25, 0.3) is 0 Å². The maximum Gasteiger partial charge on any atom is 0.330 e. The molecule has 4 heteroatoms. The lowest BCUT2D eigenvalue weighted by atomic mass is 9.86. The van der Waals surface area contributed by atoms with Gasteiger partial charge in [0.2, 0.25) is 0 Å². The fourth-order valence-electron chi connectivity index (χ4n) is 1.85. The molecule has 0 aliphatic carbocycles. The van der Waals surface area contributed by atoms with E-state index in [2.05, 4.69) is 20.8 Å². The second kappa shape index (κ2) is 8.59. The molecule has 0 heterocycles. The van der Waals surface area contributed by atoms with Gasteiger partial charge in [-0.05, 0) is 30.0 Å². The second-order valence-corrected chi connectivity index (χ2v) is 5.93. The molecule has 0 aliphatic heterocycles. The molecule has 4 nitrogen and oxygen atoms in total. The Balaban J connectivity index is 3.01. The highest BCUT2D eigenvalue weighted by Crippen LogP contribution is 2.29. The molecule has 1 aromatic carbocycles. The first-order chi connectivity index (χ1) is 10.4. The summed E-state index contributed by atoms with van der Waals surface area (Å²) in [5, 5.41) is 0. The molecule has 0 fully saturated rings. The molecule has 0 spiro atoms. The molecule has 0 atom stereocenters. The van der Waals surface area contributed by atoms with Gasteiger partial charge in [0.1, 0.15) is 12.4 Å². The van der Waals surface area contributed by atoms with Gasteiger partial charge in [0.05, 0.1) is 13.2 Å². The van der Waals surface area contributed by atoms with E-state index < -0.39 is 0 Å². The quantitative estimate of drug-likeness (QED) is 0.439. The normalized spacial score (nSPS) is 11.7. The molecule has 0 saturated carbocycles. The van der Waals surface area contributed by atoms with Crippen LogP contribution in [0.4, 0.5) is 0 Å². The maximum absolute atomic E-state index is 11.4. The average molecular weight is 306 g/mol. The molecule has 0 radical (unpaired) electrons. The molecule has 0 unspecified atom stereocenters. The molecule has 0 aliphatic rings. The van der Waals surface area contributed by atoms with Crippen molar-refractivity contribution in [2.75, 3.05) is 26.9 Å². The molecule has 22 heavy (non-hydrogen) atoms. The van der Waals surface area contributed by atoms with Crippen LogP contribution in [0.5, 0.6) is 5.75 Å². The van der Waals surface area contributed by atoms with E-state index in [1.807, 2.05) is 18.2 Å². The minimum absolute atomic E-state index is 0.0305. The van der Waals surface area contributed by atoms with Gasteiger partial charge >= 0.3 is 5.97 Å². The predicted molar refractivity (Wildman–Crippen MR) is 88.2 cm³/mol. The minimum atomic E-state index is -0.356. The molecule has 0 N–H and O–H groups in total. The summed E-state index contributed by atoms with van der Waals surface area (Å²) in [6.07, 6.45) is 3.13. The van der Waals surface area contributed by atoms with Crippen LogP contribution in [-0.2, 0) is 19.7 Å². The first-order valence-electron chi connectivity index (χ1n) is 7.49. The van der Waals surface area contributed by atoms with E-state index in [0.717, 1.165) is 11.3 Å². The maximum atomic E-state index is 11.4. The van der Waals surface area contributed by atoms with Crippen LogP contribution in [0.3, 0.4) is 0 Å². The van der Waals surface area contributed by atoms with Crippen LogP contribution in [0.15, 0.2) is 24.3 Å². The Morgan fingerprint density at radius 1 is 1.23 bits per heavy atom. The smallest absolute Gasteiger partial charge is 0.330 e. The molecule has 0 amide bonds. The van der Waals surface area contributed by atoms with Crippen LogP contribution in [0.2, 0.25) is 0 Å². The summed E-state index contributed by atoms with van der Waals surface area (Å²) in [4.78, 5) is 11.4. The molecule has 0 bridgehead atoms. The Morgan fingerprint density at radius 3 is 2.55 bits per heavy atom. The van der Waals surface area contributed by atoms with E-state index in [-0.39, 0.29) is 11.4 Å². The Bertz CT molecular complexity index is 512. The fraction of sp³-hybridized carbons (Fsp3) is 0.500. The Morgan fingerprint density at radius 2 is 1.95 bits per heavy atom. The third-order valence-corrected chi connectivity index (χ3v) is 3.11. The number of benzene rings is 1. The lowest BCUT2D eigenvalue weighted by Crippen LogP contribution is -2.12. The highest BCUT2D eigenvalue weighted by molar-refractivity contribution is 5.87. The van der Waals surface area contributed by atoms with Crippen molar-refractivity contribution in [2.45, 2.75) is 33.1 Å². The third kappa shape index (κ3) is 5.90. The van der Waals surface area contributed by atoms with Crippen molar-refractivity contribution in [3.8, 4) is 5.75 Å². The van der Waals surface area contributed by atoms with Gasteiger partial charge in [0.15, 0.2) is 0 Å². The minimum Gasteiger partial charge on any atom is -0.491 e. The fourth-order valence-corrected chi connectivity index (χ4v) is 1.85. The van der Waals surface area contributed by atoms with E-state index in [9.17, 15) is 4.79 Å². The van der Waals surface area contributed by atoms with Crippen LogP contribution < -0.4 is 4.74 Å². The van der Waals surface area contributed by atoms with E-state index in [4.69, 9.17) is 14.2 Å². The zero-order valence-corrected chi connectivity index (χ0v) is 14.1. The van der Waals surface area contributed by atoms with Crippen LogP contribution >= 0.6 is 0 Å². The van der Waals surface area contributed by atoms with Crippen molar-refractivity contribution in [3.05, 3.63) is 35.4 Å². The molecule has 1 aromatic rings. The van der Waals surface area contributed by atoms with E-state index in [1.165, 1.54) is 11.6 Å². The number of esters is 1. The van der Waals surface area contributed by atoms with Crippen molar-refractivity contribution in [1.29, 1.82) is 0 Å². The van der Waals surface area contributed by atoms with Crippen molar-refractivity contribution in [3.63, 3.8) is 0 Å². The molecular formula is C18H26O4. The molecular weight excluding hydrogens is 280 g/mol. The van der Waals surface area contributed by atoms with Crippen molar-refractivity contribution in [1.82, 2.24) is 0 Å². The summed E-state index contributed by atoms with van der Waals surface area (Å²) in [5.41, 5.74) is 2.05. The van der Waals surface area contributed by atoms with Gasteiger partial charge < -0.3 is 14.2 Å². The number of carbonyl (C=O) groups excluding carboxylic acids is 1. The second-order valence-electron chi connectivity index (χ2n) is 5.93. The number of carbonyl (C=O) groups is 1. The van der Waals surface area contributed by atoms with Gasteiger partial charge in [-0.1, -0.05) is 32.9 Å². The molecule has 1 rings (SSSR count). The van der Waals surface area contributed by atoms with E-state index in [0.29, 0.717) is 19.8 Å². The molecule has 0 aromatic heterocycles. The zero-order valence-electron chi connectivity index (χ0n) is 14.1. The highest BCUT2D eigenvalue weighted by Gasteiger charge is 2.15. The standard InChI is InChI=1S/C18H26O4/c1-6-21-17(19)10-8-14-7-9-15(18(2,3)4)13-16(14)22-12-11-20-5/h7-10,13H,6,11-12H2,1-5H3/b10-8+. The topological polar surface area (TPSA) is 44.8 Å². The summed E-state index contributed by atoms with van der Waals surface area (Å²) in [6.45, 7) is 9.57. The summed E-state index contributed by atoms with van der Waals surface area (Å²) in [7, 11) is 1.64. The SMILES string of the molecule is CCOC(=O)/C=C/c1ccc(C(C)(C)C)cc1OCCOC. The van der Waals surface area contributed by atoms with Crippen LogP contribution in [-0.4, -0.2) is 32.9 Å². The third-order valence-electron chi connectivity index (χ3n) is 3.11. The van der Waals surface area contributed by atoms with Gasteiger partial charge in [-0.15, -0.1) is 0 Å². The largest absolute Gasteiger partial charge is 0.491 e. The Labute approximate surface area is 133 Å². The summed E-state index contributed by atoms with van der Waals surface area (Å²) >= 11 is 0. The van der Waals surface area contributed by atoms with Crippen LogP contribution in [0.1, 0.15) is 38.8 Å². The number of hydrogen-bond acceptors (Lipinski definition) is 4. The monoisotopic (exact) mass is 306 g/mol. The summed E-state index contributed by atoms with van der Waals surface area (Å²) < 4.78 is 15.7. The number of ether oxygens (including phenoxy) is 3. The average Bonchev–Trinajstić information content (AvgIpc) is 2.45. The first-order valence-corrected chi connectivity index (χ1v) is 7.49. The lowest BCUT2D eigenvalue weighted by Gasteiger charge is -2.21. The van der Waals surface area contributed by atoms with Gasteiger partial charge in [-0.3, -0.25) is 0 Å². The molecule has 0 saturated heterocycles. The first kappa shape index (κ1) is 18.2. The van der Waals surface area contributed by atoms with E-state index in [1.54, 1.807) is 20.1 Å². The highest BCUT2D eigenvalue weighted by atomic mass is 16.5. The predicted octanol–water partition coefficient (Wildman–Crippen LogP) is 3.59. The van der Waals surface area contributed by atoms with Gasteiger partial charge in [-0.25, -0.2) is 4.79 Å². The number of methoxy groups -OCH3 is 1. The van der Waals surface area contributed by atoms with Crippen LogP contribution in [0, 0.1) is 0 Å². The number of hydrogen-bond donors (Lipinski definition) is 0. The van der Waals surface area contributed by atoms with Crippen molar-refractivity contribution < 1.29 is 19.0 Å². The molecule has 122 valence electrons. The summed E-state index contributed by atoms with van der Waals surface area (Å²) in [5.74, 6) is 0.385.